The Morgan fingerprint density at radius 3 is 1.29 bits per heavy atom. The molecule has 0 aromatic carbocycles. The monoisotopic (exact) mass is 152 g/mol. The average Bonchev–Trinajstić information content (AvgIpc) is 1.36. The Balaban J connectivity index is 0. The second kappa shape index (κ2) is 4.25. The standard InChI is InChI=1S/ClF.H2O4S/c1-2;1-5(2,3)4/h;(H2,1,2,3,4). The van der Waals surface area contributed by atoms with Gasteiger partial charge in [-0.15, -0.1) is 3.98 Å². The van der Waals surface area contributed by atoms with Crippen LogP contribution in [-0.4, -0.2) is 17.5 Å². The Morgan fingerprint density at radius 1 is 1.29 bits per heavy atom. The van der Waals surface area contributed by atoms with Gasteiger partial charge in [-0.3, -0.25) is 9.11 Å². The topological polar surface area (TPSA) is 74.6 Å². The van der Waals surface area contributed by atoms with E-state index in [-0.39, 0.29) is 0 Å². The fourth-order valence-corrected chi connectivity index (χ4v) is 0. The van der Waals surface area contributed by atoms with Crippen LogP contribution in [0.4, 0.5) is 3.98 Å². The maximum absolute atomic E-state index is 8.97. The molecule has 2 N–H and O–H groups in total. The number of rotatable bonds is 0. The summed E-state index contributed by atoms with van der Waals surface area (Å²) in [7, 11) is -4.67. The third-order valence-corrected chi connectivity index (χ3v) is 0. The molecule has 0 saturated heterocycles. The van der Waals surface area contributed by atoms with Crippen molar-refractivity contribution in [2.24, 2.45) is 0 Å². The van der Waals surface area contributed by atoms with Crippen molar-refractivity contribution < 1.29 is 21.5 Å². The summed E-state index contributed by atoms with van der Waals surface area (Å²) in [5, 5.41) is 0. The zero-order valence-corrected chi connectivity index (χ0v) is 4.45. The Bertz CT molecular complexity index is 94.9. The summed E-state index contributed by atoms with van der Waals surface area (Å²) in [4.78, 5) is 0. The zero-order chi connectivity index (χ0) is 6.50. The normalized spacial score (nSPS) is 9.14. The second-order valence-electron chi connectivity index (χ2n) is 0.448. The Kier molecular flexibility index (Phi) is 6.17. The van der Waals surface area contributed by atoms with Gasteiger partial charge in [-0.25, -0.2) is 0 Å². The minimum absolute atomic E-state index is 3.14. The van der Waals surface area contributed by atoms with Crippen LogP contribution in [-0.2, 0) is 10.4 Å². The molecule has 0 spiro atoms. The molecule has 0 heterocycles. The van der Waals surface area contributed by atoms with Crippen LogP contribution in [0.15, 0.2) is 0 Å². The maximum atomic E-state index is 8.97. The van der Waals surface area contributed by atoms with Gasteiger partial charge in [-0.1, -0.05) is 0 Å². The van der Waals surface area contributed by atoms with E-state index >= 15 is 0 Å². The minimum atomic E-state index is -4.67. The van der Waals surface area contributed by atoms with E-state index in [1.54, 1.807) is 0 Å². The quantitative estimate of drug-likeness (QED) is 0.495. The molecule has 7 heavy (non-hydrogen) atoms. The average molecular weight is 153 g/mol. The molecule has 0 radical (unpaired) electrons. The Morgan fingerprint density at radius 2 is 1.29 bits per heavy atom. The van der Waals surface area contributed by atoms with E-state index in [0.29, 0.717) is 0 Å². The molecule has 0 aliphatic heterocycles. The van der Waals surface area contributed by atoms with E-state index < -0.39 is 10.4 Å². The van der Waals surface area contributed by atoms with Crippen LogP contribution in [0.5, 0.6) is 0 Å². The molecule has 0 aliphatic rings. The first-order valence-corrected chi connectivity index (χ1v) is 2.52. The first kappa shape index (κ1) is 10.1. The lowest BCUT2D eigenvalue weighted by molar-refractivity contribution is 0.381. The molecule has 0 bridgehead atoms. The van der Waals surface area contributed by atoms with Crippen molar-refractivity contribution in [2.45, 2.75) is 0 Å². The van der Waals surface area contributed by atoms with Crippen LogP contribution >= 0.6 is 12.0 Å². The van der Waals surface area contributed by atoms with E-state index in [0.717, 1.165) is 0 Å². The van der Waals surface area contributed by atoms with Crippen molar-refractivity contribution in [3.05, 3.63) is 0 Å². The summed E-state index contributed by atoms with van der Waals surface area (Å²) < 4.78 is 40.6. The van der Waals surface area contributed by atoms with Crippen molar-refractivity contribution in [3.8, 4) is 0 Å². The Labute approximate surface area is 44.7 Å². The maximum Gasteiger partial charge on any atom is 0.394 e. The molecule has 4 nitrogen and oxygen atoms in total. The molecule has 0 fully saturated rings. The third-order valence-electron chi connectivity index (χ3n) is 0. The highest BCUT2D eigenvalue weighted by molar-refractivity contribution is 7.79. The highest BCUT2D eigenvalue weighted by Crippen LogP contribution is 1.59. The van der Waals surface area contributed by atoms with Crippen LogP contribution in [0, 0.1) is 0 Å². The van der Waals surface area contributed by atoms with Gasteiger partial charge in [-0.2, -0.15) is 8.42 Å². The molecule has 0 amide bonds. The van der Waals surface area contributed by atoms with Crippen molar-refractivity contribution in [3.63, 3.8) is 0 Å². The lowest BCUT2D eigenvalue weighted by Gasteiger charge is -1.68. The molecule has 0 atom stereocenters. The molecule has 0 unspecified atom stereocenters. The zero-order valence-electron chi connectivity index (χ0n) is 2.88. The van der Waals surface area contributed by atoms with Gasteiger partial charge in [0.1, 0.15) is 12.0 Å². The predicted octanol–water partition coefficient (Wildman–Crippen LogP) is 0.457. The van der Waals surface area contributed by atoms with E-state index in [2.05, 4.69) is 12.0 Å². The highest BCUT2D eigenvalue weighted by Gasteiger charge is 1.84. The van der Waals surface area contributed by atoms with Gasteiger partial charge in [0, 0.05) is 0 Å². The molecular formula is H2ClFO4S. The number of hydrogen-bond acceptors (Lipinski definition) is 2. The van der Waals surface area contributed by atoms with Gasteiger partial charge in [0.25, 0.3) is 0 Å². The third kappa shape index (κ3) is 12600. The van der Waals surface area contributed by atoms with Crippen LogP contribution < -0.4 is 0 Å². The van der Waals surface area contributed by atoms with Crippen molar-refractivity contribution >= 4 is 22.4 Å². The van der Waals surface area contributed by atoms with Crippen molar-refractivity contribution in [1.82, 2.24) is 0 Å². The SMILES string of the molecule is FCl.O=S(=O)(O)O. The summed E-state index contributed by atoms with van der Waals surface area (Å²) >= 11 is 3.14. The van der Waals surface area contributed by atoms with Gasteiger partial charge in [0.15, 0.2) is 0 Å². The van der Waals surface area contributed by atoms with Gasteiger partial charge in [-0.05, 0) is 0 Å². The van der Waals surface area contributed by atoms with Crippen molar-refractivity contribution in [2.75, 3.05) is 0 Å². The first-order valence-electron chi connectivity index (χ1n) is 0.841. The lowest BCUT2D eigenvalue weighted by atomic mass is 15.8. The van der Waals surface area contributed by atoms with Crippen LogP contribution in [0.2, 0.25) is 0 Å². The largest absolute Gasteiger partial charge is 0.394 e. The molecule has 7 heteroatoms. The highest BCUT2D eigenvalue weighted by atomic mass is 35.5. The van der Waals surface area contributed by atoms with Gasteiger partial charge in [0.05, 0.1) is 0 Å². The van der Waals surface area contributed by atoms with Crippen LogP contribution in [0.1, 0.15) is 0 Å². The van der Waals surface area contributed by atoms with E-state index in [1.165, 1.54) is 0 Å². The van der Waals surface area contributed by atoms with E-state index in [4.69, 9.17) is 21.5 Å². The summed E-state index contributed by atoms with van der Waals surface area (Å²) in [5.74, 6) is 0. The van der Waals surface area contributed by atoms with Gasteiger partial charge >= 0.3 is 10.4 Å². The summed E-state index contributed by atoms with van der Waals surface area (Å²) in [6, 6.07) is 0. The summed E-state index contributed by atoms with van der Waals surface area (Å²) in [6.07, 6.45) is 0. The van der Waals surface area contributed by atoms with E-state index in [9.17, 15) is 0 Å². The van der Waals surface area contributed by atoms with Crippen molar-refractivity contribution in [1.29, 1.82) is 0 Å². The summed E-state index contributed by atoms with van der Waals surface area (Å²) in [6.45, 7) is 0. The fraction of sp³-hybridized carbons (Fsp3) is 0. The second-order valence-corrected chi connectivity index (χ2v) is 1.34. The lowest BCUT2D eigenvalue weighted by Crippen LogP contribution is -1.89. The number of halogens is 2. The predicted molar refractivity (Wildman–Crippen MR) is 21.1 cm³/mol. The van der Waals surface area contributed by atoms with Gasteiger partial charge < -0.3 is 0 Å². The minimum Gasteiger partial charge on any atom is -0.264 e. The molecule has 0 rings (SSSR count). The molecule has 0 aromatic heterocycles. The molecule has 46 valence electrons. The molecule has 0 aliphatic carbocycles. The van der Waals surface area contributed by atoms with Crippen LogP contribution in [0.3, 0.4) is 0 Å². The van der Waals surface area contributed by atoms with E-state index in [1.807, 2.05) is 0 Å². The molecule has 0 saturated carbocycles. The number of hydrogen-bond donors (Lipinski definition) is 2. The molecular weight excluding hydrogens is 151 g/mol. The molecule has 0 aromatic rings. The fourth-order valence-electron chi connectivity index (χ4n) is 0. The van der Waals surface area contributed by atoms with Gasteiger partial charge in [0.2, 0.25) is 0 Å². The first-order chi connectivity index (χ1) is 3.00. The van der Waals surface area contributed by atoms with Crippen LogP contribution in [0.25, 0.3) is 0 Å². The smallest absolute Gasteiger partial charge is 0.264 e. The summed E-state index contributed by atoms with van der Waals surface area (Å²) in [5.41, 5.74) is 0. The Hall–Kier alpha value is 0.0900.